The van der Waals surface area contributed by atoms with Crippen molar-refractivity contribution < 1.29 is 4.79 Å². The summed E-state index contributed by atoms with van der Waals surface area (Å²) < 4.78 is 0. The Labute approximate surface area is 124 Å². The van der Waals surface area contributed by atoms with Crippen molar-refractivity contribution in [2.75, 3.05) is 32.7 Å². The Morgan fingerprint density at radius 2 is 1.80 bits per heavy atom. The van der Waals surface area contributed by atoms with Crippen LogP contribution >= 0.6 is 0 Å². The number of nitrogens with zero attached hydrogens (tertiary/aromatic N) is 2. The summed E-state index contributed by atoms with van der Waals surface area (Å²) in [4.78, 5) is 16.9. The second-order valence-corrected chi connectivity index (χ2v) is 6.94. The van der Waals surface area contributed by atoms with E-state index in [1.54, 1.807) is 0 Å². The molecule has 1 amide bonds. The maximum Gasteiger partial charge on any atom is 0.236 e. The summed E-state index contributed by atoms with van der Waals surface area (Å²) in [7, 11) is 0. The lowest BCUT2D eigenvalue weighted by Gasteiger charge is -2.36. The monoisotopic (exact) mass is 283 g/mol. The molecule has 4 nitrogen and oxygen atoms in total. The summed E-state index contributed by atoms with van der Waals surface area (Å²) in [5, 5.41) is 0. The second kappa shape index (κ2) is 8.63. The first-order chi connectivity index (χ1) is 9.43. The van der Waals surface area contributed by atoms with E-state index in [-0.39, 0.29) is 5.91 Å². The van der Waals surface area contributed by atoms with E-state index in [2.05, 4.69) is 32.6 Å². The van der Waals surface area contributed by atoms with Crippen LogP contribution in [0, 0.1) is 11.8 Å². The third-order valence-corrected chi connectivity index (χ3v) is 3.88. The minimum Gasteiger partial charge on any atom is -0.341 e. The Balaban J connectivity index is 2.59. The first-order valence-electron chi connectivity index (χ1n) is 8.16. The SMILES string of the molecule is CC(C)CN(CC(C)C)C(=O)CN1CCCCC1CN. The largest absolute Gasteiger partial charge is 0.341 e. The highest BCUT2D eigenvalue weighted by Crippen LogP contribution is 2.16. The quantitative estimate of drug-likeness (QED) is 0.777. The number of likely N-dealkylation sites (tertiary alicyclic amines) is 1. The lowest BCUT2D eigenvalue weighted by Crippen LogP contribution is -2.50. The Morgan fingerprint density at radius 3 is 2.30 bits per heavy atom. The summed E-state index contributed by atoms with van der Waals surface area (Å²) in [6, 6.07) is 0.396. The highest BCUT2D eigenvalue weighted by atomic mass is 16.2. The zero-order valence-electron chi connectivity index (χ0n) is 13.8. The summed E-state index contributed by atoms with van der Waals surface area (Å²) in [5.41, 5.74) is 5.84. The number of carbonyl (C=O) groups excluding carboxylic acids is 1. The molecule has 1 rings (SSSR count). The predicted octanol–water partition coefficient (Wildman–Crippen LogP) is 1.94. The zero-order chi connectivity index (χ0) is 15.1. The van der Waals surface area contributed by atoms with Crippen LogP contribution in [-0.2, 0) is 4.79 Å². The molecule has 0 aromatic rings. The maximum atomic E-state index is 12.6. The molecule has 1 unspecified atom stereocenters. The number of nitrogens with two attached hydrogens (primary N) is 1. The van der Waals surface area contributed by atoms with Crippen molar-refractivity contribution in [1.82, 2.24) is 9.80 Å². The van der Waals surface area contributed by atoms with Crippen LogP contribution in [0.15, 0.2) is 0 Å². The standard InChI is InChI=1S/C16H33N3O/c1-13(2)10-19(11-14(3)4)16(20)12-18-8-6-5-7-15(18)9-17/h13-15H,5-12,17H2,1-4H3. The molecule has 0 aliphatic carbocycles. The van der Waals surface area contributed by atoms with Gasteiger partial charge in [-0.15, -0.1) is 0 Å². The zero-order valence-corrected chi connectivity index (χ0v) is 13.8. The summed E-state index contributed by atoms with van der Waals surface area (Å²) in [6.07, 6.45) is 3.57. The van der Waals surface area contributed by atoms with Gasteiger partial charge in [0.25, 0.3) is 0 Å². The molecule has 1 aliphatic rings. The van der Waals surface area contributed by atoms with E-state index in [4.69, 9.17) is 5.73 Å². The molecule has 2 N–H and O–H groups in total. The van der Waals surface area contributed by atoms with Gasteiger partial charge in [0.1, 0.15) is 0 Å². The molecule has 20 heavy (non-hydrogen) atoms. The first-order valence-corrected chi connectivity index (χ1v) is 8.16. The normalized spacial score (nSPS) is 20.6. The summed E-state index contributed by atoms with van der Waals surface area (Å²) >= 11 is 0. The average Bonchev–Trinajstić information content (AvgIpc) is 2.37. The fourth-order valence-electron chi connectivity index (χ4n) is 2.97. The van der Waals surface area contributed by atoms with E-state index in [9.17, 15) is 4.79 Å². The Hall–Kier alpha value is -0.610. The Kier molecular flexibility index (Phi) is 7.52. The van der Waals surface area contributed by atoms with Gasteiger partial charge in [0, 0.05) is 25.7 Å². The van der Waals surface area contributed by atoms with Gasteiger partial charge >= 0.3 is 0 Å². The van der Waals surface area contributed by atoms with Crippen LogP contribution in [0.5, 0.6) is 0 Å². The van der Waals surface area contributed by atoms with Crippen molar-refractivity contribution in [3.05, 3.63) is 0 Å². The van der Waals surface area contributed by atoms with E-state index in [0.717, 1.165) is 26.1 Å². The molecule has 1 saturated heterocycles. The molecule has 0 spiro atoms. The predicted molar refractivity (Wildman–Crippen MR) is 84.5 cm³/mol. The van der Waals surface area contributed by atoms with Crippen LogP contribution < -0.4 is 5.73 Å². The highest BCUT2D eigenvalue weighted by Gasteiger charge is 2.25. The van der Waals surface area contributed by atoms with E-state index in [1.807, 2.05) is 4.90 Å². The minimum atomic E-state index is 0.271. The van der Waals surface area contributed by atoms with E-state index < -0.39 is 0 Å². The average molecular weight is 283 g/mol. The summed E-state index contributed by atoms with van der Waals surface area (Å²) in [5.74, 6) is 1.31. The first kappa shape index (κ1) is 17.4. The Morgan fingerprint density at radius 1 is 1.20 bits per heavy atom. The molecular formula is C16H33N3O. The van der Waals surface area contributed by atoms with Crippen molar-refractivity contribution in [2.45, 2.75) is 53.0 Å². The molecule has 1 heterocycles. The molecule has 0 radical (unpaired) electrons. The van der Waals surface area contributed by atoms with Crippen LogP contribution in [0.4, 0.5) is 0 Å². The van der Waals surface area contributed by atoms with Gasteiger partial charge in [-0.05, 0) is 31.2 Å². The minimum absolute atomic E-state index is 0.271. The number of rotatable bonds is 7. The van der Waals surface area contributed by atoms with Gasteiger partial charge in [0.15, 0.2) is 0 Å². The van der Waals surface area contributed by atoms with Crippen molar-refractivity contribution in [3.63, 3.8) is 0 Å². The third-order valence-electron chi connectivity index (χ3n) is 3.88. The van der Waals surface area contributed by atoms with Gasteiger partial charge in [-0.25, -0.2) is 0 Å². The van der Waals surface area contributed by atoms with E-state index in [0.29, 0.717) is 31.0 Å². The fourth-order valence-corrected chi connectivity index (χ4v) is 2.97. The topological polar surface area (TPSA) is 49.6 Å². The molecule has 4 heteroatoms. The van der Waals surface area contributed by atoms with Crippen LogP contribution in [-0.4, -0.2) is 54.5 Å². The van der Waals surface area contributed by atoms with Crippen molar-refractivity contribution in [2.24, 2.45) is 17.6 Å². The van der Waals surface area contributed by atoms with Gasteiger partial charge < -0.3 is 10.6 Å². The molecule has 0 bridgehead atoms. The highest BCUT2D eigenvalue weighted by molar-refractivity contribution is 5.78. The van der Waals surface area contributed by atoms with E-state index >= 15 is 0 Å². The number of hydrogen-bond donors (Lipinski definition) is 1. The van der Waals surface area contributed by atoms with Crippen molar-refractivity contribution in [1.29, 1.82) is 0 Å². The Bertz CT molecular complexity index is 281. The maximum absolute atomic E-state index is 12.6. The molecule has 0 aromatic heterocycles. The van der Waals surface area contributed by atoms with Crippen LogP contribution in [0.1, 0.15) is 47.0 Å². The molecule has 1 atom stereocenters. The van der Waals surface area contributed by atoms with Gasteiger partial charge in [0.2, 0.25) is 5.91 Å². The molecular weight excluding hydrogens is 250 g/mol. The second-order valence-electron chi connectivity index (χ2n) is 6.94. The van der Waals surface area contributed by atoms with E-state index in [1.165, 1.54) is 12.8 Å². The van der Waals surface area contributed by atoms with Gasteiger partial charge in [-0.3, -0.25) is 9.69 Å². The molecule has 1 fully saturated rings. The van der Waals surface area contributed by atoms with Gasteiger partial charge in [0.05, 0.1) is 6.54 Å². The van der Waals surface area contributed by atoms with Gasteiger partial charge in [-0.1, -0.05) is 34.1 Å². The lowest BCUT2D eigenvalue weighted by molar-refractivity contribution is -0.134. The smallest absolute Gasteiger partial charge is 0.236 e. The number of amides is 1. The van der Waals surface area contributed by atoms with Crippen LogP contribution in [0.2, 0.25) is 0 Å². The lowest BCUT2D eigenvalue weighted by atomic mass is 10.0. The van der Waals surface area contributed by atoms with Crippen molar-refractivity contribution in [3.8, 4) is 0 Å². The number of hydrogen-bond acceptors (Lipinski definition) is 3. The van der Waals surface area contributed by atoms with Gasteiger partial charge in [-0.2, -0.15) is 0 Å². The van der Waals surface area contributed by atoms with Crippen molar-refractivity contribution >= 4 is 5.91 Å². The van der Waals surface area contributed by atoms with Crippen LogP contribution in [0.25, 0.3) is 0 Å². The third kappa shape index (κ3) is 5.80. The number of carbonyl (C=O) groups is 1. The molecule has 118 valence electrons. The summed E-state index contributed by atoms with van der Waals surface area (Å²) in [6.45, 7) is 12.6. The number of piperidine rings is 1. The molecule has 1 aliphatic heterocycles. The van der Waals surface area contributed by atoms with Crippen LogP contribution in [0.3, 0.4) is 0 Å². The molecule has 0 saturated carbocycles. The fraction of sp³-hybridized carbons (Fsp3) is 0.938. The molecule has 0 aromatic carbocycles.